The molecule has 2 aromatic carbocycles. The van der Waals surface area contributed by atoms with Crippen molar-refractivity contribution in [3.8, 4) is 11.3 Å². The van der Waals surface area contributed by atoms with E-state index in [-0.39, 0.29) is 0 Å². The number of hydrogen-bond acceptors (Lipinski definition) is 5. The number of fused-ring (bicyclic) bond motifs is 1. The molecule has 0 unspecified atom stereocenters. The number of hydroxylamine groups is 1. The van der Waals surface area contributed by atoms with E-state index in [1.165, 1.54) is 27.8 Å². The van der Waals surface area contributed by atoms with E-state index in [0.717, 1.165) is 49.5 Å². The Morgan fingerprint density at radius 1 is 1.12 bits per heavy atom. The van der Waals surface area contributed by atoms with Gasteiger partial charge >= 0.3 is 0 Å². The summed E-state index contributed by atoms with van der Waals surface area (Å²) in [4.78, 5) is 23.4. The summed E-state index contributed by atoms with van der Waals surface area (Å²) in [6.07, 6.45) is 5.21. The van der Waals surface area contributed by atoms with Crippen molar-refractivity contribution >= 4 is 28.1 Å². The van der Waals surface area contributed by atoms with Crippen molar-refractivity contribution in [3.05, 3.63) is 76.2 Å². The van der Waals surface area contributed by atoms with Crippen LogP contribution in [0.15, 0.2) is 60.8 Å². The number of nitrogens with zero attached hydrogens (tertiary/aromatic N) is 2. The Morgan fingerprint density at radius 2 is 1.88 bits per heavy atom. The molecule has 0 bridgehead atoms. The Morgan fingerprint density at radius 3 is 2.66 bits per heavy atom. The van der Waals surface area contributed by atoms with Crippen LogP contribution in [0.5, 0.6) is 0 Å². The van der Waals surface area contributed by atoms with Crippen LogP contribution in [0.3, 0.4) is 0 Å². The second kappa shape index (κ2) is 9.24. The molecule has 1 aliphatic rings. The molecule has 0 aliphatic carbocycles. The number of thiazole rings is 1. The van der Waals surface area contributed by atoms with Gasteiger partial charge in [0.2, 0.25) is 0 Å². The lowest BCUT2D eigenvalue weighted by molar-refractivity contribution is 0.0711. The van der Waals surface area contributed by atoms with Crippen LogP contribution < -0.4 is 5.48 Å². The van der Waals surface area contributed by atoms with Gasteiger partial charge in [0.15, 0.2) is 0 Å². The van der Waals surface area contributed by atoms with E-state index in [0.29, 0.717) is 16.5 Å². The normalized spacial score (nSPS) is 15.3. The molecule has 0 saturated carbocycles. The lowest BCUT2D eigenvalue weighted by Gasteiger charge is -2.31. The first-order valence-corrected chi connectivity index (χ1v) is 11.8. The van der Waals surface area contributed by atoms with Gasteiger partial charge in [-0.05, 0) is 44.0 Å². The minimum Gasteiger partial charge on any atom is -0.361 e. The second-order valence-electron chi connectivity index (χ2n) is 8.26. The van der Waals surface area contributed by atoms with Crippen LogP contribution in [-0.4, -0.2) is 45.6 Å². The molecule has 4 aromatic rings. The maximum absolute atomic E-state index is 12.2. The molecule has 3 heterocycles. The van der Waals surface area contributed by atoms with E-state index in [1.54, 1.807) is 5.48 Å². The van der Waals surface area contributed by atoms with Crippen molar-refractivity contribution in [1.29, 1.82) is 0 Å². The summed E-state index contributed by atoms with van der Waals surface area (Å²) in [5, 5.41) is 11.5. The van der Waals surface area contributed by atoms with Gasteiger partial charge in [-0.2, -0.15) is 0 Å². The fourth-order valence-corrected chi connectivity index (χ4v) is 5.68. The average Bonchev–Trinajstić information content (AvgIpc) is 3.48. The zero-order valence-corrected chi connectivity index (χ0v) is 18.6. The van der Waals surface area contributed by atoms with Gasteiger partial charge in [-0.25, -0.2) is 10.5 Å². The molecule has 3 N–H and O–H groups in total. The van der Waals surface area contributed by atoms with Crippen LogP contribution in [-0.2, 0) is 6.42 Å². The Hall–Kier alpha value is -3.00. The standard InChI is InChI=1S/C25H26N4O2S/c30-24(28-31)23-22(17-6-2-1-3-7-17)27-25(32-23)18-10-13-29(14-11-18)15-12-19-16-26-21-9-5-4-8-20(19)21/h1-9,16,18,26,31H,10-15H2,(H,28,30). The molecule has 2 aromatic heterocycles. The fourth-order valence-electron chi connectivity index (χ4n) is 4.53. The highest BCUT2D eigenvalue weighted by atomic mass is 32.1. The molecule has 7 heteroatoms. The molecule has 1 saturated heterocycles. The first-order valence-electron chi connectivity index (χ1n) is 11.0. The van der Waals surface area contributed by atoms with Gasteiger partial charge in [0.25, 0.3) is 5.91 Å². The molecule has 1 aliphatic heterocycles. The van der Waals surface area contributed by atoms with Crippen LogP contribution >= 0.6 is 11.3 Å². The number of hydrogen-bond donors (Lipinski definition) is 3. The van der Waals surface area contributed by atoms with E-state index in [9.17, 15) is 10.0 Å². The molecule has 0 atom stereocenters. The zero-order chi connectivity index (χ0) is 21.9. The number of para-hydroxylation sites is 1. The summed E-state index contributed by atoms with van der Waals surface area (Å²) >= 11 is 1.40. The lowest BCUT2D eigenvalue weighted by atomic mass is 9.97. The summed E-state index contributed by atoms with van der Waals surface area (Å²) in [5.41, 5.74) is 5.89. The third-order valence-electron chi connectivity index (χ3n) is 6.31. The number of H-pyrrole nitrogens is 1. The third-order valence-corrected chi connectivity index (χ3v) is 7.52. The van der Waals surface area contributed by atoms with E-state index in [4.69, 9.17) is 4.98 Å². The molecular formula is C25H26N4O2S. The van der Waals surface area contributed by atoms with E-state index in [2.05, 4.69) is 40.3 Å². The zero-order valence-electron chi connectivity index (χ0n) is 17.8. The largest absolute Gasteiger partial charge is 0.361 e. The van der Waals surface area contributed by atoms with Gasteiger partial charge < -0.3 is 9.88 Å². The van der Waals surface area contributed by atoms with Gasteiger partial charge in [-0.1, -0.05) is 48.5 Å². The van der Waals surface area contributed by atoms with E-state index in [1.807, 2.05) is 30.3 Å². The highest BCUT2D eigenvalue weighted by molar-refractivity contribution is 7.14. The van der Waals surface area contributed by atoms with Crippen molar-refractivity contribution in [2.24, 2.45) is 0 Å². The maximum atomic E-state index is 12.2. The summed E-state index contributed by atoms with van der Waals surface area (Å²) in [6.45, 7) is 3.09. The van der Waals surface area contributed by atoms with Crippen molar-refractivity contribution in [2.45, 2.75) is 25.2 Å². The van der Waals surface area contributed by atoms with Gasteiger partial charge in [-0.15, -0.1) is 11.3 Å². The number of piperidine rings is 1. The van der Waals surface area contributed by atoms with Crippen LogP contribution in [0.1, 0.15) is 39.0 Å². The van der Waals surface area contributed by atoms with Crippen LogP contribution in [0, 0.1) is 0 Å². The Labute approximate surface area is 190 Å². The monoisotopic (exact) mass is 446 g/mol. The summed E-state index contributed by atoms with van der Waals surface area (Å²) in [5.74, 6) is -0.157. The topological polar surface area (TPSA) is 81.2 Å². The number of carbonyl (C=O) groups is 1. The van der Waals surface area contributed by atoms with Gasteiger partial charge in [0.05, 0.1) is 10.7 Å². The van der Waals surface area contributed by atoms with Gasteiger partial charge in [-0.3, -0.25) is 10.0 Å². The number of likely N-dealkylation sites (tertiary alicyclic amines) is 1. The van der Waals surface area contributed by atoms with Crippen molar-refractivity contribution in [1.82, 2.24) is 20.3 Å². The summed E-state index contributed by atoms with van der Waals surface area (Å²) in [6, 6.07) is 18.1. The number of rotatable bonds is 6. The quantitative estimate of drug-likeness (QED) is 0.293. The third kappa shape index (κ3) is 4.19. The predicted octanol–water partition coefficient (Wildman–Crippen LogP) is 4.83. The molecule has 0 radical (unpaired) electrons. The first kappa shape index (κ1) is 20.9. The Kier molecular flexibility index (Phi) is 6.03. The summed E-state index contributed by atoms with van der Waals surface area (Å²) < 4.78 is 0. The number of aromatic nitrogens is 2. The van der Waals surface area contributed by atoms with Crippen LogP contribution in [0.2, 0.25) is 0 Å². The maximum Gasteiger partial charge on any atom is 0.287 e. The highest BCUT2D eigenvalue weighted by Gasteiger charge is 2.27. The highest BCUT2D eigenvalue weighted by Crippen LogP contribution is 2.36. The SMILES string of the molecule is O=C(NO)c1sc(C2CCN(CCc3c[nH]c4ccccc34)CC2)nc1-c1ccccc1. The molecule has 6 nitrogen and oxygen atoms in total. The lowest BCUT2D eigenvalue weighted by Crippen LogP contribution is -2.34. The van der Waals surface area contributed by atoms with Crippen molar-refractivity contribution < 1.29 is 10.0 Å². The van der Waals surface area contributed by atoms with E-state index < -0.39 is 5.91 Å². The molecular weight excluding hydrogens is 420 g/mol. The number of benzene rings is 2. The van der Waals surface area contributed by atoms with Crippen LogP contribution in [0.25, 0.3) is 22.2 Å². The van der Waals surface area contributed by atoms with E-state index >= 15 is 0 Å². The number of amides is 1. The van der Waals surface area contributed by atoms with Crippen molar-refractivity contribution in [3.63, 3.8) is 0 Å². The van der Waals surface area contributed by atoms with Gasteiger partial charge in [0, 0.05) is 35.1 Å². The second-order valence-corrected chi connectivity index (χ2v) is 9.29. The molecule has 5 rings (SSSR count). The minimum absolute atomic E-state index is 0.340. The molecule has 1 fully saturated rings. The summed E-state index contributed by atoms with van der Waals surface area (Å²) in [7, 11) is 0. The molecule has 164 valence electrons. The Bertz CT molecular complexity index is 1210. The molecule has 32 heavy (non-hydrogen) atoms. The van der Waals surface area contributed by atoms with Crippen molar-refractivity contribution in [2.75, 3.05) is 19.6 Å². The number of nitrogens with one attached hydrogen (secondary N) is 2. The first-order chi connectivity index (χ1) is 15.7. The molecule has 0 spiro atoms. The van der Waals surface area contributed by atoms with Gasteiger partial charge in [0.1, 0.15) is 4.88 Å². The molecule has 1 amide bonds. The Balaban J connectivity index is 1.25. The average molecular weight is 447 g/mol. The minimum atomic E-state index is -0.497. The predicted molar refractivity (Wildman–Crippen MR) is 127 cm³/mol. The fraction of sp³-hybridized carbons (Fsp3) is 0.280. The smallest absolute Gasteiger partial charge is 0.287 e. The number of carbonyl (C=O) groups excluding carboxylic acids is 1. The number of aromatic amines is 1. The van der Waals surface area contributed by atoms with Crippen LogP contribution in [0.4, 0.5) is 0 Å².